The maximum Gasteiger partial charge on any atom is 0.264 e. The molecule has 3 aromatic rings. The molecule has 0 aromatic heterocycles. The molecule has 0 spiro atoms. The first-order chi connectivity index (χ1) is 12.3. The van der Waals surface area contributed by atoms with Gasteiger partial charge in [-0.1, -0.05) is 48.0 Å². The van der Waals surface area contributed by atoms with E-state index in [0.29, 0.717) is 10.8 Å². The zero-order chi connectivity index (χ0) is 18.7. The van der Waals surface area contributed by atoms with E-state index in [1.165, 1.54) is 5.39 Å². The van der Waals surface area contributed by atoms with Gasteiger partial charge in [-0.25, -0.2) is 0 Å². The first-order valence-corrected chi connectivity index (χ1v) is 8.97. The fourth-order valence-corrected chi connectivity index (χ4v) is 2.90. The number of benzene rings is 3. The molecular formula is C22H22ClNO2. The Labute approximate surface area is 158 Å². The number of rotatable bonds is 5. The van der Waals surface area contributed by atoms with Gasteiger partial charge < -0.3 is 10.1 Å². The molecule has 0 aliphatic carbocycles. The molecule has 0 bridgehead atoms. The number of fused-ring (bicyclic) bond motifs is 1. The van der Waals surface area contributed by atoms with Gasteiger partial charge in [0.25, 0.3) is 5.91 Å². The first kappa shape index (κ1) is 18.3. The molecule has 134 valence electrons. The third-order valence-electron chi connectivity index (χ3n) is 4.35. The van der Waals surface area contributed by atoms with Crippen LogP contribution < -0.4 is 10.1 Å². The van der Waals surface area contributed by atoms with Gasteiger partial charge >= 0.3 is 0 Å². The zero-order valence-corrected chi connectivity index (χ0v) is 15.9. The summed E-state index contributed by atoms with van der Waals surface area (Å²) >= 11 is 5.89. The molecule has 0 saturated carbocycles. The first-order valence-electron chi connectivity index (χ1n) is 8.59. The van der Waals surface area contributed by atoms with E-state index in [1.54, 1.807) is 38.1 Å². The number of nitrogens with one attached hydrogen (secondary N) is 1. The quantitative estimate of drug-likeness (QED) is 0.644. The number of halogens is 1. The highest BCUT2D eigenvalue weighted by atomic mass is 35.5. The summed E-state index contributed by atoms with van der Waals surface area (Å²) in [6.07, 6.45) is 0. The van der Waals surface area contributed by atoms with Crippen molar-refractivity contribution in [3.05, 3.63) is 77.3 Å². The van der Waals surface area contributed by atoms with E-state index in [-0.39, 0.29) is 11.9 Å². The summed E-state index contributed by atoms with van der Waals surface area (Å²) in [5, 5.41) is 6.01. The van der Waals surface area contributed by atoms with Crippen molar-refractivity contribution in [1.29, 1.82) is 0 Å². The van der Waals surface area contributed by atoms with Gasteiger partial charge in [0.05, 0.1) is 6.04 Å². The Bertz CT molecular complexity index is 919. The minimum atomic E-state index is -1.00. The van der Waals surface area contributed by atoms with Crippen molar-refractivity contribution in [2.45, 2.75) is 32.4 Å². The van der Waals surface area contributed by atoms with Gasteiger partial charge in [0, 0.05) is 5.02 Å². The molecule has 0 saturated heterocycles. The third-order valence-corrected chi connectivity index (χ3v) is 4.61. The Morgan fingerprint density at radius 1 is 1.00 bits per heavy atom. The predicted octanol–water partition coefficient (Wildman–Crippen LogP) is 5.53. The smallest absolute Gasteiger partial charge is 0.264 e. The van der Waals surface area contributed by atoms with Crippen LogP contribution in [0.25, 0.3) is 10.8 Å². The summed E-state index contributed by atoms with van der Waals surface area (Å²) in [7, 11) is 0. The third kappa shape index (κ3) is 4.17. The normalized spacial score (nSPS) is 12.6. The standard InChI is InChI=1S/C22H22ClNO2/c1-15(17-9-8-16-6-4-5-7-18(16)14-17)24-21(25)22(2,3)26-20-12-10-19(23)11-13-20/h4-15H,1-3H3,(H,24,25). The summed E-state index contributed by atoms with van der Waals surface area (Å²) in [6.45, 7) is 5.48. The van der Waals surface area contributed by atoms with E-state index >= 15 is 0 Å². The summed E-state index contributed by atoms with van der Waals surface area (Å²) < 4.78 is 5.85. The van der Waals surface area contributed by atoms with E-state index in [0.717, 1.165) is 10.9 Å². The minimum absolute atomic E-state index is 0.125. The van der Waals surface area contributed by atoms with E-state index in [9.17, 15) is 4.79 Å². The lowest BCUT2D eigenvalue weighted by atomic mass is 10.0. The number of ether oxygens (including phenoxy) is 1. The number of hydrogen-bond donors (Lipinski definition) is 1. The molecule has 1 N–H and O–H groups in total. The Balaban J connectivity index is 1.71. The average Bonchev–Trinajstić information content (AvgIpc) is 2.63. The summed E-state index contributed by atoms with van der Waals surface area (Å²) in [6, 6.07) is 21.3. The van der Waals surface area contributed by atoms with E-state index in [1.807, 2.05) is 25.1 Å². The molecular weight excluding hydrogens is 346 g/mol. The van der Waals surface area contributed by atoms with Crippen LogP contribution in [0.4, 0.5) is 0 Å². The molecule has 0 radical (unpaired) electrons. The van der Waals surface area contributed by atoms with E-state index < -0.39 is 5.60 Å². The zero-order valence-electron chi connectivity index (χ0n) is 15.1. The molecule has 4 heteroatoms. The highest BCUT2D eigenvalue weighted by molar-refractivity contribution is 6.30. The van der Waals surface area contributed by atoms with Gasteiger partial charge in [-0.05, 0) is 67.4 Å². The molecule has 3 nitrogen and oxygen atoms in total. The molecule has 0 aliphatic rings. The van der Waals surface area contributed by atoms with Crippen LogP contribution in [0.5, 0.6) is 5.75 Å². The second kappa shape index (κ2) is 7.38. The van der Waals surface area contributed by atoms with E-state index in [4.69, 9.17) is 16.3 Å². The van der Waals surface area contributed by atoms with Crippen LogP contribution in [0.15, 0.2) is 66.7 Å². The van der Waals surface area contributed by atoms with Gasteiger partial charge in [-0.3, -0.25) is 4.79 Å². The van der Waals surface area contributed by atoms with Crippen molar-refractivity contribution < 1.29 is 9.53 Å². The van der Waals surface area contributed by atoms with E-state index in [2.05, 4.69) is 29.6 Å². The maximum absolute atomic E-state index is 12.7. The number of carbonyl (C=O) groups excluding carboxylic acids is 1. The number of amides is 1. The highest BCUT2D eigenvalue weighted by Crippen LogP contribution is 2.23. The van der Waals surface area contributed by atoms with Gasteiger partial charge in [0.1, 0.15) is 5.75 Å². The fraction of sp³-hybridized carbons (Fsp3) is 0.227. The SMILES string of the molecule is CC(NC(=O)C(C)(C)Oc1ccc(Cl)cc1)c1ccc2ccccc2c1. The van der Waals surface area contributed by atoms with Crippen LogP contribution in [-0.4, -0.2) is 11.5 Å². The van der Waals surface area contributed by atoms with Gasteiger partial charge in [0.2, 0.25) is 0 Å². The van der Waals surface area contributed by atoms with Gasteiger partial charge in [-0.15, -0.1) is 0 Å². The van der Waals surface area contributed by atoms with Crippen LogP contribution >= 0.6 is 11.6 Å². The van der Waals surface area contributed by atoms with Crippen molar-refractivity contribution >= 4 is 28.3 Å². The predicted molar refractivity (Wildman–Crippen MR) is 107 cm³/mol. The highest BCUT2D eigenvalue weighted by Gasteiger charge is 2.31. The summed E-state index contributed by atoms with van der Waals surface area (Å²) in [5.74, 6) is 0.431. The van der Waals surface area contributed by atoms with Crippen LogP contribution in [0.2, 0.25) is 5.02 Å². The second-order valence-electron chi connectivity index (χ2n) is 6.87. The molecule has 1 unspecified atom stereocenters. The lowest BCUT2D eigenvalue weighted by Crippen LogP contribution is -2.47. The van der Waals surface area contributed by atoms with Crippen molar-refractivity contribution in [3.8, 4) is 5.75 Å². The molecule has 1 amide bonds. The van der Waals surface area contributed by atoms with Crippen molar-refractivity contribution in [2.24, 2.45) is 0 Å². The Hall–Kier alpha value is -2.52. The second-order valence-corrected chi connectivity index (χ2v) is 7.30. The fourth-order valence-electron chi connectivity index (χ4n) is 2.77. The average molecular weight is 368 g/mol. The largest absolute Gasteiger partial charge is 0.478 e. The molecule has 1 atom stereocenters. The van der Waals surface area contributed by atoms with Crippen LogP contribution in [0, 0.1) is 0 Å². The topological polar surface area (TPSA) is 38.3 Å². The molecule has 0 heterocycles. The molecule has 26 heavy (non-hydrogen) atoms. The van der Waals surface area contributed by atoms with Crippen LogP contribution in [-0.2, 0) is 4.79 Å². The summed E-state index contributed by atoms with van der Waals surface area (Å²) in [5.41, 5.74) is 0.0539. The Kier molecular flexibility index (Phi) is 5.19. The van der Waals surface area contributed by atoms with Crippen molar-refractivity contribution in [1.82, 2.24) is 5.32 Å². The number of carbonyl (C=O) groups is 1. The molecule has 0 fully saturated rings. The lowest BCUT2D eigenvalue weighted by molar-refractivity contribution is -0.134. The minimum Gasteiger partial charge on any atom is -0.478 e. The maximum atomic E-state index is 12.7. The molecule has 3 aromatic carbocycles. The summed E-state index contributed by atoms with van der Waals surface area (Å²) in [4.78, 5) is 12.7. The monoisotopic (exact) mass is 367 g/mol. The van der Waals surface area contributed by atoms with Gasteiger partial charge in [-0.2, -0.15) is 0 Å². The van der Waals surface area contributed by atoms with Crippen molar-refractivity contribution in [3.63, 3.8) is 0 Å². The van der Waals surface area contributed by atoms with Crippen LogP contribution in [0.3, 0.4) is 0 Å². The Morgan fingerprint density at radius 3 is 2.35 bits per heavy atom. The lowest BCUT2D eigenvalue weighted by Gasteiger charge is -2.27. The molecule has 3 rings (SSSR count). The van der Waals surface area contributed by atoms with Crippen molar-refractivity contribution in [2.75, 3.05) is 0 Å². The van der Waals surface area contributed by atoms with Gasteiger partial charge in [0.15, 0.2) is 5.60 Å². The number of hydrogen-bond acceptors (Lipinski definition) is 2. The Morgan fingerprint density at radius 2 is 1.65 bits per heavy atom. The van der Waals surface area contributed by atoms with Crippen LogP contribution in [0.1, 0.15) is 32.4 Å². The molecule has 0 aliphatic heterocycles.